The van der Waals surface area contributed by atoms with Crippen molar-refractivity contribution in [3.05, 3.63) is 34.8 Å². The highest BCUT2D eigenvalue weighted by atomic mass is 16.3. The number of nitrogens with zero attached hydrogens (tertiary/aromatic N) is 3. The number of carbonyl (C=O) groups excluding carboxylic acids is 1. The monoisotopic (exact) mass is 330 g/mol. The lowest BCUT2D eigenvalue weighted by atomic mass is 10.00. The van der Waals surface area contributed by atoms with Gasteiger partial charge in [-0.3, -0.25) is 9.59 Å². The lowest BCUT2D eigenvalue weighted by Crippen LogP contribution is -2.44. The Bertz CT molecular complexity index is 782. The number of furan rings is 1. The van der Waals surface area contributed by atoms with E-state index in [1.165, 1.54) is 12.3 Å². The third kappa shape index (κ3) is 3.06. The number of piperidine rings is 1. The third-order valence-corrected chi connectivity index (χ3v) is 4.43. The molecule has 0 unspecified atom stereocenters. The highest BCUT2D eigenvalue weighted by Crippen LogP contribution is 2.21. The first kappa shape index (κ1) is 16.3. The van der Waals surface area contributed by atoms with Gasteiger partial charge in [-0.1, -0.05) is 6.92 Å². The normalized spacial score (nSPS) is 19.2. The topological polar surface area (TPSA) is 94.4 Å². The fraction of sp³-hybridized carbons (Fsp3) is 0.471. The molecule has 0 saturated carbocycles. The van der Waals surface area contributed by atoms with E-state index >= 15 is 0 Å². The summed E-state index contributed by atoms with van der Waals surface area (Å²) in [6, 6.07) is 4.22. The standard InChI is InChI=1S/C17H22N4O3/c1-11-5-3-7-20(10-11)16(22)12(2)21-17(23)13(18)9-14(19-21)15-6-4-8-24-15/h4,6,8-9,11-12H,3,5,7,10,18H2,1-2H3/t11-,12-/m1/s1. The number of nitrogen functional groups attached to an aromatic ring is 1. The van der Waals surface area contributed by atoms with E-state index in [1.807, 2.05) is 4.90 Å². The third-order valence-electron chi connectivity index (χ3n) is 4.43. The fourth-order valence-electron chi connectivity index (χ4n) is 3.10. The second-order valence-electron chi connectivity index (χ2n) is 6.42. The average molecular weight is 330 g/mol. The molecule has 7 heteroatoms. The fourth-order valence-corrected chi connectivity index (χ4v) is 3.10. The molecular weight excluding hydrogens is 308 g/mol. The summed E-state index contributed by atoms with van der Waals surface area (Å²) in [4.78, 5) is 26.9. The molecule has 0 radical (unpaired) electrons. The molecule has 1 amide bonds. The number of likely N-dealkylation sites (tertiary alicyclic amines) is 1. The van der Waals surface area contributed by atoms with Crippen LogP contribution in [0, 0.1) is 5.92 Å². The molecular formula is C17H22N4O3. The number of amides is 1. The molecule has 0 bridgehead atoms. The highest BCUT2D eigenvalue weighted by Gasteiger charge is 2.28. The second kappa shape index (κ2) is 6.51. The van der Waals surface area contributed by atoms with Crippen molar-refractivity contribution in [2.45, 2.75) is 32.7 Å². The molecule has 2 aromatic heterocycles. The molecule has 24 heavy (non-hydrogen) atoms. The summed E-state index contributed by atoms with van der Waals surface area (Å²) < 4.78 is 6.47. The van der Waals surface area contributed by atoms with Crippen LogP contribution in [0.4, 0.5) is 5.69 Å². The van der Waals surface area contributed by atoms with E-state index in [4.69, 9.17) is 10.2 Å². The van der Waals surface area contributed by atoms with Gasteiger partial charge in [0.05, 0.1) is 6.26 Å². The van der Waals surface area contributed by atoms with Crippen LogP contribution in [0.15, 0.2) is 33.7 Å². The van der Waals surface area contributed by atoms with E-state index in [0.717, 1.165) is 24.1 Å². The SMILES string of the molecule is C[C@@H]1CCCN(C(=O)[C@@H](C)n2nc(-c3ccco3)cc(N)c2=O)C1. The minimum Gasteiger partial charge on any atom is -0.463 e. The molecule has 1 saturated heterocycles. The van der Waals surface area contributed by atoms with Crippen LogP contribution >= 0.6 is 0 Å². The van der Waals surface area contributed by atoms with Gasteiger partial charge < -0.3 is 15.1 Å². The lowest BCUT2D eigenvalue weighted by Gasteiger charge is -2.32. The first-order valence-electron chi connectivity index (χ1n) is 8.19. The molecule has 2 N–H and O–H groups in total. The number of anilines is 1. The number of nitrogens with two attached hydrogens (primary N) is 1. The van der Waals surface area contributed by atoms with Gasteiger partial charge in [-0.25, -0.2) is 4.68 Å². The van der Waals surface area contributed by atoms with Gasteiger partial charge in [0.1, 0.15) is 17.4 Å². The molecule has 128 valence electrons. The first-order valence-corrected chi connectivity index (χ1v) is 8.19. The number of aromatic nitrogens is 2. The van der Waals surface area contributed by atoms with Crippen LogP contribution in [0.2, 0.25) is 0 Å². The Morgan fingerprint density at radius 1 is 1.50 bits per heavy atom. The summed E-state index contributed by atoms with van der Waals surface area (Å²) in [6.45, 7) is 5.24. The van der Waals surface area contributed by atoms with Crippen molar-refractivity contribution in [3.63, 3.8) is 0 Å². The largest absolute Gasteiger partial charge is 0.463 e. The van der Waals surface area contributed by atoms with E-state index in [9.17, 15) is 9.59 Å². The molecule has 0 aliphatic carbocycles. The zero-order chi connectivity index (χ0) is 17.3. The summed E-state index contributed by atoms with van der Waals surface area (Å²) in [5, 5.41) is 4.29. The highest BCUT2D eigenvalue weighted by molar-refractivity contribution is 5.80. The van der Waals surface area contributed by atoms with E-state index in [-0.39, 0.29) is 11.6 Å². The van der Waals surface area contributed by atoms with Crippen molar-refractivity contribution in [2.75, 3.05) is 18.8 Å². The average Bonchev–Trinajstić information content (AvgIpc) is 3.10. The summed E-state index contributed by atoms with van der Waals surface area (Å²) >= 11 is 0. The Labute approximate surface area is 140 Å². The smallest absolute Gasteiger partial charge is 0.290 e. The summed E-state index contributed by atoms with van der Waals surface area (Å²) in [6.07, 6.45) is 3.63. The van der Waals surface area contributed by atoms with Crippen molar-refractivity contribution >= 4 is 11.6 Å². The van der Waals surface area contributed by atoms with Gasteiger partial charge in [0.2, 0.25) is 5.91 Å². The van der Waals surface area contributed by atoms with Crippen molar-refractivity contribution in [2.24, 2.45) is 5.92 Å². The van der Waals surface area contributed by atoms with Gasteiger partial charge in [-0.05, 0) is 43.9 Å². The lowest BCUT2D eigenvalue weighted by molar-refractivity contribution is -0.136. The number of rotatable bonds is 3. The first-order chi connectivity index (χ1) is 11.5. The summed E-state index contributed by atoms with van der Waals surface area (Å²) in [5.74, 6) is 0.868. The minimum absolute atomic E-state index is 0.0445. The Kier molecular flexibility index (Phi) is 4.42. The zero-order valence-corrected chi connectivity index (χ0v) is 13.9. The predicted octanol–water partition coefficient (Wildman–Crippen LogP) is 1.90. The minimum atomic E-state index is -0.708. The molecule has 1 aliphatic rings. The quantitative estimate of drug-likeness (QED) is 0.927. The molecule has 2 aromatic rings. The number of hydrogen-bond acceptors (Lipinski definition) is 5. The van der Waals surface area contributed by atoms with E-state index in [0.29, 0.717) is 23.9 Å². The van der Waals surface area contributed by atoms with Gasteiger partial charge in [0.15, 0.2) is 5.76 Å². The zero-order valence-electron chi connectivity index (χ0n) is 13.9. The van der Waals surface area contributed by atoms with Gasteiger partial charge in [-0.15, -0.1) is 0 Å². The van der Waals surface area contributed by atoms with Crippen LogP contribution < -0.4 is 11.3 Å². The van der Waals surface area contributed by atoms with E-state index in [2.05, 4.69) is 12.0 Å². The number of hydrogen-bond donors (Lipinski definition) is 1. The Morgan fingerprint density at radius 2 is 2.29 bits per heavy atom. The molecule has 1 fully saturated rings. The molecule has 3 rings (SSSR count). The van der Waals surface area contributed by atoms with Gasteiger partial charge in [0.25, 0.3) is 5.56 Å². The maximum absolute atomic E-state index is 12.8. The van der Waals surface area contributed by atoms with Gasteiger partial charge in [-0.2, -0.15) is 5.10 Å². The van der Waals surface area contributed by atoms with Crippen molar-refractivity contribution in [1.29, 1.82) is 0 Å². The Hall–Kier alpha value is -2.57. The van der Waals surface area contributed by atoms with Gasteiger partial charge in [0, 0.05) is 13.1 Å². The second-order valence-corrected chi connectivity index (χ2v) is 6.42. The van der Waals surface area contributed by atoms with Crippen molar-refractivity contribution < 1.29 is 9.21 Å². The maximum Gasteiger partial charge on any atom is 0.290 e. The van der Waals surface area contributed by atoms with Crippen LogP contribution in [0.25, 0.3) is 11.5 Å². The van der Waals surface area contributed by atoms with Crippen LogP contribution in [0.5, 0.6) is 0 Å². The summed E-state index contributed by atoms with van der Waals surface area (Å²) in [5.41, 5.74) is 5.84. The molecule has 3 heterocycles. The van der Waals surface area contributed by atoms with Crippen LogP contribution in [0.3, 0.4) is 0 Å². The van der Waals surface area contributed by atoms with Crippen LogP contribution in [-0.4, -0.2) is 33.7 Å². The molecule has 0 spiro atoms. The molecule has 1 aliphatic heterocycles. The summed E-state index contributed by atoms with van der Waals surface area (Å²) in [7, 11) is 0. The molecule has 7 nitrogen and oxygen atoms in total. The van der Waals surface area contributed by atoms with E-state index < -0.39 is 11.6 Å². The Morgan fingerprint density at radius 3 is 2.96 bits per heavy atom. The Balaban J connectivity index is 1.93. The molecule has 2 atom stereocenters. The predicted molar refractivity (Wildman–Crippen MR) is 90.3 cm³/mol. The van der Waals surface area contributed by atoms with Crippen LogP contribution in [0.1, 0.15) is 32.7 Å². The van der Waals surface area contributed by atoms with Crippen molar-refractivity contribution in [1.82, 2.24) is 14.7 Å². The number of carbonyl (C=O) groups is 1. The van der Waals surface area contributed by atoms with Gasteiger partial charge >= 0.3 is 0 Å². The van der Waals surface area contributed by atoms with E-state index in [1.54, 1.807) is 19.1 Å². The van der Waals surface area contributed by atoms with Crippen molar-refractivity contribution in [3.8, 4) is 11.5 Å². The molecule has 0 aromatic carbocycles. The maximum atomic E-state index is 12.8. The van der Waals surface area contributed by atoms with Crippen LogP contribution in [-0.2, 0) is 4.79 Å².